The summed E-state index contributed by atoms with van der Waals surface area (Å²) < 4.78 is 36.7. The van der Waals surface area contributed by atoms with E-state index in [1.54, 1.807) is 84.0 Å². The van der Waals surface area contributed by atoms with E-state index in [4.69, 9.17) is 9.47 Å². The topological polar surface area (TPSA) is 123 Å². The van der Waals surface area contributed by atoms with Crippen LogP contribution in [0.5, 0.6) is 0 Å². The molecule has 3 N–H and O–H groups in total. The lowest BCUT2D eigenvalue weighted by atomic mass is 10.0. The van der Waals surface area contributed by atoms with E-state index >= 15 is 0 Å². The third kappa shape index (κ3) is 9.01. The number of ether oxygens (including phenoxy) is 2. The van der Waals surface area contributed by atoms with Crippen LogP contribution in [-0.4, -0.2) is 38.1 Å². The van der Waals surface area contributed by atoms with Gasteiger partial charge in [0.1, 0.15) is 11.2 Å². The lowest BCUT2D eigenvalue weighted by molar-refractivity contribution is 0.0621. The quantitative estimate of drug-likeness (QED) is 0.528. The van der Waals surface area contributed by atoms with Gasteiger partial charge in [-0.05, 0) is 65.3 Å². The molecule has 0 spiro atoms. The van der Waals surface area contributed by atoms with Gasteiger partial charge in [-0.2, -0.15) is 0 Å². The van der Waals surface area contributed by atoms with Crippen LogP contribution in [0, 0.1) is 0 Å². The van der Waals surface area contributed by atoms with Crippen LogP contribution in [0.15, 0.2) is 42.5 Å². The maximum absolute atomic E-state index is 12.4. The normalized spacial score (nSPS) is 12.0. The van der Waals surface area contributed by atoms with Gasteiger partial charge in [0.25, 0.3) is 0 Å². The molecule has 0 aliphatic rings. The molecular weight excluding hydrogens is 446 g/mol. The van der Waals surface area contributed by atoms with Crippen molar-refractivity contribution in [3.63, 3.8) is 0 Å². The number of amides is 2. The van der Waals surface area contributed by atoms with Gasteiger partial charge in [-0.25, -0.2) is 18.0 Å². The number of hydrogen-bond donors (Lipinski definition) is 3. The SMILES string of the molecule is CC(C)(C)OC(=O)Nc1ccc(-c2ccccc2NS(C)(=O)=O)cc1NC(=O)OC(C)(C)C. The van der Waals surface area contributed by atoms with Crippen molar-refractivity contribution in [2.75, 3.05) is 21.6 Å². The largest absolute Gasteiger partial charge is 0.444 e. The molecule has 0 fully saturated rings. The molecule has 0 saturated carbocycles. The summed E-state index contributed by atoms with van der Waals surface area (Å²) in [4.78, 5) is 24.7. The van der Waals surface area contributed by atoms with Gasteiger partial charge in [-0.3, -0.25) is 15.4 Å². The number of hydrogen-bond acceptors (Lipinski definition) is 6. The van der Waals surface area contributed by atoms with Crippen LogP contribution in [0.3, 0.4) is 0 Å². The zero-order valence-corrected chi connectivity index (χ0v) is 20.7. The van der Waals surface area contributed by atoms with Gasteiger partial charge >= 0.3 is 12.2 Å². The zero-order valence-electron chi connectivity index (χ0n) is 19.9. The van der Waals surface area contributed by atoms with Crippen LogP contribution in [-0.2, 0) is 19.5 Å². The second-order valence-corrected chi connectivity index (χ2v) is 11.2. The Morgan fingerprint density at radius 3 is 1.79 bits per heavy atom. The summed E-state index contributed by atoms with van der Waals surface area (Å²) >= 11 is 0. The molecule has 9 nitrogen and oxygen atoms in total. The number of carbonyl (C=O) groups is 2. The van der Waals surface area contributed by atoms with Gasteiger partial charge in [0, 0.05) is 5.56 Å². The highest BCUT2D eigenvalue weighted by molar-refractivity contribution is 7.92. The molecule has 0 saturated heterocycles. The summed E-state index contributed by atoms with van der Waals surface area (Å²) in [6, 6.07) is 11.7. The number of benzene rings is 2. The molecule has 0 atom stereocenters. The Morgan fingerprint density at radius 1 is 0.758 bits per heavy atom. The second-order valence-electron chi connectivity index (χ2n) is 9.43. The van der Waals surface area contributed by atoms with Crippen molar-refractivity contribution in [3.05, 3.63) is 42.5 Å². The molecule has 0 unspecified atom stereocenters. The number of rotatable bonds is 5. The summed E-state index contributed by atoms with van der Waals surface area (Å²) in [6.07, 6.45) is -0.344. The first kappa shape index (κ1) is 26.0. The maximum atomic E-state index is 12.4. The molecule has 0 aliphatic carbocycles. The van der Waals surface area contributed by atoms with Crippen molar-refractivity contribution in [1.82, 2.24) is 0 Å². The fourth-order valence-electron chi connectivity index (χ4n) is 2.77. The van der Waals surface area contributed by atoms with Crippen molar-refractivity contribution in [3.8, 4) is 11.1 Å². The number of sulfonamides is 1. The van der Waals surface area contributed by atoms with Gasteiger partial charge < -0.3 is 9.47 Å². The summed E-state index contributed by atoms with van der Waals surface area (Å²) in [5, 5.41) is 5.27. The molecule has 0 heterocycles. The highest BCUT2D eigenvalue weighted by Crippen LogP contribution is 2.34. The minimum Gasteiger partial charge on any atom is -0.444 e. The Labute approximate surface area is 194 Å². The minimum atomic E-state index is -3.51. The number of nitrogens with one attached hydrogen (secondary N) is 3. The van der Waals surface area contributed by atoms with E-state index in [1.165, 1.54) is 0 Å². The highest BCUT2D eigenvalue weighted by Gasteiger charge is 2.21. The Hall–Kier alpha value is -3.27. The third-order valence-corrected chi connectivity index (χ3v) is 4.41. The molecule has 10 heteroatoms. The molecule has 2 aromatic rings. The van der Waals surface area contributed by atoms with Gasteiger partial charge in [0.2, 0.25) is 10.0 Å². The molecule has 0 bridgehead atoms. The van der Waals surface area contributed by atoms with Crippen LogP contribution < -0.4 is 15.4 Å². The van der Waals surface area contributed by atoms with Gasteiger partial charge in [0.15, 0.2) is 0 Å². The smallest absolute Gasteiger partial charge is 0.412 e. The van der Waals surface area contributed by atoms with E-state index in [0.717, 1.165) is 6.26 Å². The van der Waals surface area contributed by atoms with Gasteiger partial charge in [-0.15, -0.1) is 0 Å². The first-order valence-corrected chi connectivity index (χ1v) is 12.1. The monoisotopic (exact) mass is 477 g/mol. The Morgan fingerprint density at radius 2 is 1.27 bits per heavy atom. The zero-order chi connectivity index (χ0) is 25.0. The fourth-order valence-corrected chi connectivity index (χ4v) is 3.35. The lowest BCUT2D eigenvalue weighted by Gasteiger charge is -2.22. The first-order valence-electron chi connectivity index (χ1n) is 10.2. The van der Waals surface area contributed by atoms with Crippen molar-refractivity contribution >= 4 is 39.3 Å². The average Bonchev–Trinajstić information content (AvgIpc) is 2.59. The Kier molecular flexibility index (Phi) is 7.64. The molecule has 0 aliphatic heterocycles. The van der Waals surface area contributed by atoms with Crippen molar-refractivity contribution in [1.29, 1.82) is 0 Å². The van der Waals surface area contributed by atoms with Crippen LogP contribution in [0.4, 0.5) is 26.7 Å². The van der Waals surface area contributed by atoms with E-state index in [9.17, 15) is 18.0 Å². The summed E-state index contributed by atoms with van der Waals surface area (Å²) in [5.41, 5.74) is 0.651. The van der Waals surface area contributed by atoms with Crippen molar-refractivity contribution in [2.24, 2.45) is 0 Å². The van der Waals surface area contributed by atoms with Crippen LogP contribution in [0.25, 0.3) is 11.1 Å². The molecular formula is C23H31N3O6S. The molecule has 0 radical (unpaired) electrons. The average molecular weight is 478 g/mol. The van der Waals surface area contributed by atoms with E-state index in [2.05, 4.69) is 15.4 Å². The van der Waals surface area contributed by atoms with Crippen molar-refractivity contribution < 1.29 is 27.5 Å². The Bertz CT molecular complexity index is 1130. The minimum absolute atomic E-state index is 0.252. The number of carbonyl (C=O) groups excluding carboxylic acids is 2. The van der Waals surface area contributed by atoms with E-state index in [1.807, 2.05) is 0 Å². The summed E-state index contributed by atoms with van der Waals surface area (Å²) in [5.74, 6) is 0. The highest BCUT2D eigenvalue weighted by atomic mass is 32.2. The molecule has 33 heavy (non-hydrogen) atoms. The standard InChI is InChI=1S/C23H31N3O6S/c1-22(2,3)31-20(27)24-18-13-12-15(14-19(18)25-21(28)32-23(4,5)6)16-10-8-9-11-17(16)26-33(7,29)30/h8-14,26H,1-7H3,(H,24,27)(H,25,28). The van der Waals surface area contributed by atoms with Gasteiger partial charge in [0.05, 0.1) is 23.3 Å². The predicted octanol–water partition coefficient (Wildman–Crippen LogP) is 5.42. The van der Waals surface area contributed by atoms with Crippen LogP contribution >= 0.6 is 0 Å². The number of para-hydroxylation sites is 1. The molecule has 2 rings (SSSR count). The molecule has 2 aromatic carbocycles. The lowest BCUT2D eigenvalue weighted by Crippen LogP contribution is -2.29. The third-order valence-electron chi connectivity index (χ3n) is 3.82. The van der Waals surface area contributed by atoms with E-state index < -0.39 is 33.4 Å². The summed E-state index contributed by atoms with van der Waals surface area (Å²) in [6.45, 7) is 10.4. The second kappa shape index (κ2) is 9.70. The molecule has 2 amide bonds. The number of anilines is 3. The van der Waals surface area contributed by atoms with E-state index in [0.29, 0.717) is 16.8 Å². The van der Waals surface area contributed by atoms with Gasteiger partial charge in [-0.1, -0.05) is 24.3 Å². The van der Waals surface area contributed by atoms with Crippen LogP contribution in [0.2, 0.25) is 0 Å². The Balaban J connectivity index is 2.48. The molecule has 180 valence electrons. The molecule has 0 aromatic heterocycles. The first-order chi connectivity index (χ1) is 15.0. The van der Waals surface area contributed by atoms with Crippen molar-refractivity contribution in [2.45, 2.75) is 52.7 Å². The maximum Gasteiger partial charge on any atom is 0.412 e. The summed E-state index contributed by atoms with van der Waals surface area (Å²) in [7, 11) is -3.51. The van der Waals surface area contributed by atoms with Crippen LogP contribution in [0.1, 0.15) is 41.5 Å². The fraction of sp³-hybridized carbons (Fsp3) is 0.391. The van der Waals surface area contributed by atoms with E-state index in [-0.39, 0.29) is 11.4 Å². The predicted molar refractivity (Wildman–Crippen MR) is 130 cm³/mol.